The molecule has 0 N–H and O–H groups in total. The van der Waals surface area contributed by atoms with Crippen molar-refractivity contribution >= 4 is 5.69 Å². The Hall–Kier alpha value is -2.24. The Balaban J connectivity index is 1.73. The van der Waals surface area contributed by atoms with Crippen molar-refractivity contribution in [1.82, 2.24) is 9.80 Å². The first kappa shape index (κ1) is 15.3. The largest absolute Gasteiger partial charge is 0.303 e. The molecule has 0 saturated carbocycles. The number of fused-ring (bicyclic) bond motifs is 3. The van der Waals surface area contributed by atoms with Crippen LogP contribution in [0.1, 0.15) is 28.7 Å². The molecular weight excluding hydrogens is 302 g/mol. The highest BCUT2D eigenvalue weighted by Crippen LogP contribution is 2.40. The molecule has 0 aromatic heterocycles. The van der Waals surface area contributed by atoms with Crippen molar-refractivity contribution in [1.29, 1.82) is 0 Å². The number of non-ortho nitro benzene ring substituents is 1. The summed E-state index contributed by atoms with van der Waals surface area (Å²) >= 11 is 0. The standard InChI is InChI=1S/C19H21N3O2/c1-20-10-11-21-12-18(14-6-8-15(9-7-14)22(23)24)16-4-2-3-5-17(16)19(21)13-20/h2-9,18-19H,10-13H2,1H3/t18-,19-/m1/s1. The molecule has 2 aliphatic rings. The lowest BCUT2D eigenvalue weighted by atomic mass is 9.80. The number of nitrogens with zero attached hydrogens (tertiary/aromatic N) is 3. The minimum Gasteiger partial charge on any atom is -0.303 e. The predicted molar refractivity (Wildman–Crippen MR) is 93.2 cm³/mol. The van der Waals surface area contributed by atoms with Crippen molar-refractivity contribution in [2.75, 3.05) is 33.2 Å². The van der Waals surface area contributed by atoms with Crippen LogP contribution in [0.4, 0.5) is 5.69 Å². The van der Waals surface area contributed by atoms with E-state index in [2.05, 4.69) is 41.1 Å². The summed E-state index contributed by atoms with van der Waals surface area (Å²) in [5.41, 5.74) is 4.08. The number of hydrogen-bond acceptors (Lipinski definition) is 4. The van der Waals surface area contributed by atoms with Crippen LogP contribution >= 0.6 is 0 Å². The molecule has 0 spiro atoms. The Morgan fingerprint density at radius 3 is 2.42 bits per heavy atom. The van der Waals surface area contributed by atoms with Crippen LogP contribution in [0.15, 0.2) is 48.5 Å². The average Bonchev–Trinajstić information content (AvgIpc) is 2.61. The van der Waals surface area contributed by atoms with E-state index in [1.165, 1.54) is 11.1 Å². The SMILES string of the molecule is CN1CCN2C[C@H](c3ccc([N+](=O)[O-])cc3)c3ccccc3[C@H]2C1. The van der Waals surface area contributed by atoms with Crippen molar-refractivity contribution in [2.24, 2.45) is 0 Å². The fourth-order valence-corrected chi connectivity index (χ4v) is 4.05. The zero-order valence-electron chi connectivity index (χ0n) is 13.8. The van der Waals surface area contributed by atoms with Crippen LogP contribution in [0, 0.1) is 10.1 Å². The molecule has 24 heavy (non-hydrogen) atoms. The van der Waals surface area contributed by atoms with Gasteiger partial charge in [-0.15, -0.1) is 0 Å². The maximum absolute atomic E-state index is 10.9. The summed E-state index contributed by atoms with van der Waals surface area (Å²) in [5, 5.41) is 10.9. The fourth-order valence-electron chi connectivity index (χ4n) is 4.05. The summed E-state index contributed by atoms with van der Waals surface area (Å²) < 4.78 is 0. The van der Waals surface area contributed by atoms with E-state index in [-0.39, 0.29) is 16.5 Å². The molecule has 5 nitrogen and oxygen atoms in total. The van der Waals surface area contributed by atoms with Crippen molar-refractivity contribution in [2.45, 2.75) is 12.0 Å². The minimum atomic E-state index is -0.338. The summed E-state index contributed by atoms with van der Waals surface area (Å²) in [6.07, 6.45) is 0. The van der Waals surface area contributed by atoms with E-state index in [4.69, 9.17) is 0 Å². The molecule has 0 amide bonds. The van der Waals surface area contributed by atoms with Gasteiger partial charge in [0.05, 0.1) is 4.92 Å². The topological polar surface area (TPSA) is 49.6 Å². The normalized spacial score (nSPS) is 24.2. The van der Waals surface area contributed by atoms with Gasteiger partial charge < -0.3 is 4.90 Å². The molecule has 2 aromatic rings. The highest BCUT2D eigenvalue weighted by atomic mass is 16.6. The molecule has 0 bridgehead atoms. The maximum Gasteiger partial charge on any atom is 0.269 e. The second-order valence-corrected chi connectivity index (χ2v) is 6.80. The fraction of sp³-hybridized carbons (Fsp3) is 0.368. The smallest absolute Gasteiger partial charge is 0.269 e. The molecule has 1 saturated heterocycles. The van der Waals surface area contributed by atoms with E-state index in [9.17, 15) is 10.1 Å². The van der Waals surface area contributed by atoms with E-state index in [0.717, 1.165) is 31.7 Å². The van der Waals surface area contributed by atoms with Crippen molar-refractivity contribution in [3.05, 3.63) is 75.3 Å². The number of nitro benzene ring substituents is 1. The van der Waals surface area contributed by atoms with Gasteiger partial charge >= 0.3 is 0 Å². The molecule has 2 aromatic carbocycles. The van der Waals surface area contributed by atoms with Crippen LogP contribution in [-0.2, 0) is 0 Å². The summed E-state index contributed by atoms with van der Waals surface area (Å²) in [6, 6.07) is 16.2. The molecular formula is C19H21N3O2. The second-order valence-electron chi connectivity index (χ2n) is 6.80. The molecule has 1 fully saturated rings. The van der Waals surface area contributed by atoms with Crippen molar-refractivity contribution in [3.8, 4) is 0 Å². The Morgan fingerprint density at radius 1 is 1.00 bits per heavy atom. The van der Waals surface area contributed by atoms with E-state index in [1.807, 2.05) is 12.1 Å². The van der Waals surface area contributed by atoms with Gasteiger partial charge in [0.25, 0.3) is 5.69 Å². The summed E-state index contributed by atoms with van der Waals surface area (Å²) in [7, 11) is 2.18. The molecule has 5 heteroatoms. The molecule has 2 aliphatic heterocycles. The van der Waals surface area contributed by atoms with E-state index in [0.29, 0.717) is 6.04 Å². The molecule has 0 radical (unpaired) electrons. The van der Waals surface area contributed by atoms with Crippen LogP contribution in [0.2, 0.25) is 0 Å². The van der Waals surface area contributed by atoms with Crippen LogP contribution in [0.25, 0.3) is 0 Å². The van der Waals surface area contributed by atoms with Gasteiger partial charge in [-0.05, 0) is 23.7 Å². The third-order valence-electron chi connectivity index (χ3n) is 5.35. The van der Waals surface area contributed by atoms with Gasteiger partial charge in [0.1, 0.15) is 0 Å². The number of nitro groups is 1. The van der Waals surface area contributed by atoms with Crippen LogP contribution in [0.3, 0.4) is 0 Å². The quantitative estimate of drug-likeness (QED) is 0.630. The predicted octanol–water partition coefficient (Wildman–Crippen LogP) is 3.03. The number of hydrogen-bond donors (Lipinski definition) is 0. The highest BCUT2D eigenvalue weighted by Gasteiger charge is 2.36. The number of likely N-dealkylation sites (N-methyl/N-ethyl adjacent to an activating group) is 1. The number of piperazine rings is 1. The second kappa shape index (κ2) is 6.00. The molecule has 4 rings (SSSR count). The number of benzene rings is 2. The van der Waals surface area contributed by atoms with Gasteiger partial charge in [-0.25, -0.2) is 0 Å². The highest BCUT2D eigenvalue weighted by molar-refractivity contribution is 5.44. The van der Waals surface area contributed by atoms with Gasteiger partial charge in [-0.2, -0.15) is 0 Å². The minimum absolute atomic E-state index is 0.153. The Labute approximate surface area is 141 Å². The Morgan fingerprint density at radius 2 is 1.71 bits per heavy atom. The third-order valence-corrected chi connectivity index (χ3v) is 5.35. The maximum atomic E-state index is 10.9. The third kappa shape index (κ3) is 2.60. The van der Waals surface area contributed by atoms with Gasteiger partial charge in [-0.1, -0.05) is 36.4 Å². The molecule has 2 atom stereocenters. The molecule has 124 valence electrons. The number of rotatable bonds is 2. The summed E-state index contributed by atoms with van der Waals surface area (Å²) in [4.78, 5) is 15.5. The zero-order valence-corrected chi connectivity index (χ0v) is 13.8. The molecule has 2 heterocycles. The zero-order chi connectivity index (χ0) is 16.7. The summed E-state index contributed by atoms with van der Waals surface area (Å²) in [5.74, 6) is 0.279. The Kier molecular flexibility index (Phi) is 3.82. The monoisotopic (exact) mass is 323 g/mol. The van der Waals surface area contributed by atoms with Gasteiger partial charge in [0, 0.05) is 50.3 Å². The van der Waals surface area contributed by atoms with Gasteiger partial charge in [0.15, 0.2) is 0 Å². The van der Waals surface area contributed by atoms with Gasteiger partial charge in [-0.3, -0.25) is 15.0 Å². The van der Waals surface area contributed by atoms with Crippen molar-refractivity contribution in [3.63, 3.8) is 0 Å². The van der Waals surface area contributed by atoms with Crippen molar-refractivity contribution < 1.29 is 4.92 Å². The van der Waals surface area contributed by atoms with E-state index >= 15 is 0 Å². The lowest BCUT2D eigenvalue weighted by Crippen LogP contribution is -2.50. The average molecular weight is 323 g/mol. The van der Waals surface area contributed by atoms with Gasteiger partial charge in [0.2, 0.25) is 0 Å². The molecule has 0 unspecified atom stereocenters. The van der Waals surface area contributed by atoms with Crippen LogP contribution < -0.4 is 0 Å². The van der Waals surface area contributed by atoms with Crippen LogP contribution in [-0.4, -0.2) is 47.9 Å². The summed E-state index contributed by atoms with van der Waals surface area (Å²) in [6.45, 7) is 4.20. The molecule has 0 aliphatic carbocycles. The Bertz CT molecular complexity index is 759. The van der Waals surface area contributed by atoms with E-state index < -0.39 is 0 Å². The lowest BCUT2D eigenvalue weighted by molar-refractivity contribution is -0.384. The first-order valence-corrected chi connectivity index (χ1v) is 8.39. The lowest BCUT2D eigenvalue weighted by Gasteiger charge is -2.46. The first-order valence-electron chi connectivity index (χ1n) is 8.39. The van der Waals surface area contributed by atoms with Crippen LogP contribution in [0.5, 0.6) is 0 Å². The van der Waals surface area contributed by atoms with E-state index in [1.54, 1.807) is 12.1 Å². The first-order chi connectivity index (χ1) is 11.6.